The molecule has 13 heavy (non-hydrogen) atoms. The molecule has 0 aliphatic heterocycles. The molecule has 0 heterocycles. The van der Waals surface area contributed by atoms with Crippen LogP contribution in [0.25, 0.3) is 0 Å². The molecule has 0 aromatic carbocycles. The molecule has 1 fully saturated rings. The van der Waals surface area contributed by atoms with E-state index in [1.165, 1.54) is 24.8 Å². The Morgan fingerprint density at radius 1 is 1.38 bits per heavy atom. The van der Waals surface area contributed by atoms with Crippen LogP contribution in [-0.4, -0.2) is 5.78 Å². The van der Waals surface area contributed by atoms with Crippen molar-refractivity contribution in [2.24, 2.45) is 5.92 Å². The Morgan fingerprint density at radius 3 is 2.85 bits per heavy atom. The number of ketones is 1. The quantitative estimate of drug-likeness (QED) is 0.604. The predicted molar refractivity (Wildman–Crippen MR) is 53.4 cm³/mol. The second-order valence-electron chi connectivity index (χ2n) is 4.03. The van der Waals surface area contributed by atoms with Crippen molar-refractivity contribution in [1.29, 1.82) is 0 Å². The lowest BCUT2D eigenvalue weighted by molar-refractivity contribution is -0.115. The molecule has 2 rings (SSSR count). The number of rotatable bonds is 3. The molecule has 2 aliphatic rings. The second-order valence-corrected chi connectivity index (χ2v) is 4.03. The van der Waals surface area contributed by atoms with E-state index in [9.17, 15) is 4.79 Å². The van der Waals surface area contributed by atoms with Gasteiger partial charge in [0.25, 0.3) is 0 Å². The van der Waals surface area contributed by atoms with Crippen LogP contribution in [0, 0.1) is 5.92 Å². The average Bonchev–Trinajstić information content (AvgIpc) is 2.99. The van der Waals surface area contributed by atoms with Gasteiger partial charge in [0.2, 0.25) is 0 Å². The molecule has 0 spiro atoms. The Kier molecular flexibility index (Phi) is 2.62. The minimum absolute atomic E-state index is 0.339. The largest absolute Gasteiger partial charge is 0.295 e. The van der Waals surface area contributed by atoms with E-state index < -0.39 is 0 Å². The Hall–Kier alpha value is -0.850. The molecule has 0 radical (unpaired) electrons. The van der Waals surface area contributed by atoms with Crippen LogP contribution in [0.5, 0.6) is 0 Å². The third kappa shape index (κ3) is 2.55. The lowest BCUT2D eigenvalue weighted by Crippen LogP contribution is -1.95. The standard InChI is InChI=1S/C12H16O/c13-12(11-7-8-11)9-6-10-4-2-1-3-5-10/h4,6,9,11H,1-3,5,7-8H2/b9-6+. The highest BCUT2D eigenvalue weighted by Gasteiger charge is 2.27. The minimum Gasteiger partial charge on any atom is -0.295 e. The molecule has 0 saturated heterocycles. The first kappa shape index (κ1) is 8.74. The maximum Gasteiger partial charge on any atom is 0.158 e. The van der Waals surface area contributed by atoms with Gasteiger partial charge in [0.15, 0.2) is 5.78 Å². The fourth-order valence-corrected chi connectivity index (χ4v) is 1.71. The van der Waals surface area contributed by atoms with Gasteiger partial charge in [-0.05, 0) is 44.6 Å². The summed E-state index contributed by atoms with van der Waals surface area (Å²) in [4.78, 5) is 11.3. The lowest BCUT2D eigenvalue weighted by atomic mass is 9.99. The lowest BCUT2D eigenvalue weighted by Gasteiger charge is -2.07. The highest BCUT2D eigenvalue weighted by Crippen LogP contribution is 2.30. The van der Waals surface area contributed by atoms with Gasteiger partial charge in [0.05, 0.1) is 0 Å². The van der Waals surface area contributed by atoms with Crippen LogP contribution in [0.4, 0.5) is 0 Å². The molecule has 0 unspecified atom stereocenters. The maximum atomic E-state index is 11.3. The van der Waals surface area contributed by atoms with E-state index in [1.54, 1.807) is 6.08 Å². The fraction of sp³-hybridized carbons (Fsp3) is 0.583. The number of carbonyl (C=O) groups is 1. The van der Waals surface area contributed by atoms with Crippen LogP contribution < -0.4 is 0 Å². The molecule has 1 heteroatoms. The van der Waals surface area contributed by atoms with E-state index in [0.29, 0.717) is 11.7 Å². The summed E-state index contributed by atoms with van der Waals surface area (Å²) in [5.41, 5.74) is 1.36. The summed E-state index contributed by atoms with van der Waals surface area (Å²) in [5.74, 6) is 0.715. The van der Waals surface area contributed by atoms with Crippen LogP contribution in [0.1, 0.15) is 38.5 Å². The number of allylic oxidation sites excluding steroid dienone is 4. The van der Waals surface area contributed by atoms with Gasteiger partial charge in [0, 0.05) is 5.92 Å². The third-order valence-corrected chi connectivity index (χ3v) is 2.77. The van der Waals surface area contributed by atoms with E-state index in [-0.39, 0.29) is 0 Å². The average molecular weight is 176 g/mol. The van der Waals surface area contributed by atoms with Crippen molar-refractivity contribution >= 4 is 5.78 Å². The maximum absolute atomic E-state index is 11.3. The molecule has 0 amide bonds. The van der Waals surface area contributed by atoms with Crippen molar-refractivity contribution in [3.63, 3.8) is 0 Å². The molecule has 1 saturated carbocycles. The summed E-state index contributed by atoms with van der Waals surface area (Å²) in [6.45, 7) is 0. The van der Waals surface area contributed by atoms with Crippen LogP contribution >= 0.6 is 0 Å². The molecule has 1 nitrogen and oxygen atoms in total. The number of hydrogen-bond acceptors (Lipinski definition) is 1. The fourth-order valence-electron chi connectivity index (χ4n) is 1.71. The first-order valence-corrected chi connectivity index (χ1v) is 5.27. The van der Waals surface area contributed by atoms with Crippen molar-refractivity contribution in [3.8, 4) is 0 Å². The van der Waals surface area contributed by atoms with Crippen LogP contribution in [0.3, 0.4) is 0 Å². The van der Waals surface area contributed by atoms with Crippen molar-refractivity contribution in [2.75, 3.05) is 0 Å². The molecule has 70 valence electrons. The molecule has 0 bridgehead atoms. The summed E-state index contributed by atoms with van der Waals surface area (Å²) < 4.78 is 0. The van der Waals surface area contributed by atoms with Gasteiger partial charge in [-0.3, -0.25) is 4.79 Å². The smallest absolute Gasteiger partial charge is 0.158 e. The summed E-state index contributed by atoms with van der Waals surface area (Å²) in [6, 6.07) is 0. The first-order chi connectivity index (χ1) is 6.36. The van der Waals surface area contributed by atoms with Crippen molar-refractivity contribution < 1.29 is 4.79 Å². The van der Waals surface area contributed by atoms with Crippen LogP contribution in [0.2, 0.25) is 0 Å². The number of hydrogen-bond donors (Lipinski definition) is 0. The van der Waals surface area contributed by atoms with Gasteiger partial charge < -0.3 is 0 Å². The molecule has 0 aromatic heterocycles. The van der Waals surface area contributed by atoms with E-state index in [0.717, 1.165) is 19.3 Å². The van der Waals surface area contributed by atoms with Gasteiger partial charge in [-0.15, -0.1) is 0 Å². The molecular formula is C12H16O. The van der Waals surface area contributed by atoms with Gasteiger partial charge >= 0.3 is 0 Å². The molecule has 0 N–H and O–H groups in total. The second kappa shape index (κ2) is 3.91. The monoisotopic (exact) mass is 176 g/mol. The highest BCUT2D eigenvalue weighted by molar-refractivity contribution is 5.93. The Morgan fingerprint density at radius 2 is 2.23 bits per heavy atom. The predicted octanol–water partition coefficient (Wildman–Crippen LogP) is 3.02. The third-order valence-electron chi connectivity index (χ3n) is 2.77. The molecule has 0 atom stereocenters. The molecule has 0 aromatic rings. The van der Waals surface area contributed by atoms with Gasteiger partial charge in [-0.25, -0.2) is 0 Å². The van der Waals surface area contributed by atoms with E-state index in [1.807, 2.05) is 6.08 Å². The van der Waals surface area contributed by atoms with Crippen molar-refractivity contribution in [1.82, 2.24) is 0 Å². The Bertz CT molecular complexity index is 256. The van der Waals surface area contributed by atoms with Crippen LogP contribution in [-0.2, 0) is 4.79 Å². The van der Waals surface area contributed by atoms with Crippen LogP contribution in [0.15, 0.2) is 23.8 Å². The Labute approximate surface area is 79.5 Å². The summed E-state index contributed by atoms with van der Waals surface area (Å²) in [6.07, 6.45) is 13.3. The van der Waals surface area contributed by atoms with Gasteiger partial charge in [-0.1, -0.05) is 17.7 Å². The molecule has 2 aliphatic carbocycles. The topological polar surface area (TPSA) is 17.1 Å². The highest BCUT2D eigenvalue weighted by atomic mass is 16.1. The summed E-state index contributed by atoms with van der Waals surface area (Å²) in [7, 11) is 0. The summed E-state index contributed by atoms with van der Waals surface area (Å²) in [5, 5.41) is 0. The zero-order chi connectivity index (χ0) is 9.10. The normalized spacial score (nSPS) is 23.2. The van der Waals surface area contributed by atoms with E-state index in [2.05, 4.69) is 6.08 Å². The van der Waals surface area contributed by atoms with Crippen molar-refractivity contribution in [3.05, 3.63) is 23.8 Å². The van der Waals surface area contributed by atoms with E-state index >= 15 is 0 Å². The SMILES string of the molecule is O=C(/C=C/C1=CCCCC1)C1CC1. The van der Waals surface area contributed by atoms with Gasteiger partial charge in [-0.2, -0.15) is 0 Å². The van der Waals surface area contributed by atoms with Gasteiger partial charge in [0.1, 0.15) is 0 Å². The minimum atomic E-state index is 0.339. The van der Waals surface area contributed by atoms with Crippen molar-refractivity contribution in [2.45, 2.75) is 38.5 Å². The zero-order valence-electron chi connectivity index (χ0n) is 7.96. The van der Waals surface area contributed by atoms with E-state index in [4.69, 9.17) is 0 Å². The number of carbonyl (C=O) groups excluding carboxylic acids is 1. The molecular weight excluding hydrogens is 160 g/mol. The zero-order valence-corrected chi connectivity index (χ0v) is 7.96. The first-order valence-electron chi connectivity index (χ1n) is 5.27. The Balaban J connectivity index is 1.87. The summed E-state index contributed by atoms with van der Waals surface area (Å²) >= 11 is 0.